The maximum absolute atomic E-state index is 9.81. The van der Waals surface area contributed by atoms with Crippen molar-refractivity contribution in [2.45, 2.75) is 0 Å². The SMILES string of the molecule is N.O=[N+]([O-])[AsH]c1nnn[nH]1. The predicted molar refractivity (Wildman–Crippen MR) is 33.0 cm³/mol. The quantitative estimate of drug-likeness (QED) is 0.316. The summed E-state index contributed by atoms with van der Waals surface area (Å²) in [4.78, 5) is 9.81. The average Bonchev–Trinajstić information content (AvgIpc) is 2.15. The number of rotatable bonds is 2. The van der Waals surface area contributed by atoms with Gasteiger partial charge < -0.3 is 6.15 Å². The molecule has 0 radical (unpaired) electrons. The number of aromatic nitrogens is 4. The van der Waals surface area contributed by atoms with Gasteiger partial charge in [0.25, 0.3) is 0 Å². The first-order valence-electron chi connectivity index (χ1n) is 1.94. The molecule has 1 atom stereocenters. The van der Waals surface area contributed by atoms with E-state index in [0.29, 0.717) is 4.61 Å². The van der Waals surface area contributed by atoms with Crippen LogP contribution in [0.3, 0.4) is 0 Å². The summed E-state index contributed by atoms with van der Waals surface area (Å²) in [7, 11) is 0. The molecule has 4 N–H and O–H groups in total. The van der Waals surface area contributed by atoms with E-state index in [1.54, 1.807) is 0 Å². The molecule has 0 aromatic carbocycles. The molecule has 0 spiro atoms. The molecule has 1 unspecified atom stereocenters. The molecule has 1 aromatic heterocycles. The summed E-state index contributed by atoms with van der Waals surface area (Å²) in [5.74, 6) is 0. The van der Waals surface area contributed by atoms with Crippen molar-refractivity contribution in [3.8, 4) is 0 Å². The minimum atomic E-state index is -1.39. The molecule has 1 heterocycles. The van der Waals surface area contributed by atoms with Gasteiger partial charge in [0.15, 0.2) is 0 Å². The molecule has 0 saturated carbocycles. The Balaban J connectivity index is 0.000000810. The normalized spacial score (nSPS) is 9.60. The van der Waals surface area contributed by atoms with Gasteiger partial charge in [0.2, 0.25) is 0 Å². The summed E-state index contributed by atoms with van der Waals surface area (Å²) in [5, 5.41) is 21.8. The van der Waals surface area contributed by atoms with E-state index in [9.17, 15) is 10.1 Å². The van der Waals surface area contributed by atoms with Gasteiger partial charge >= 0.3 is 55.2 Å². The van der Waals surface area contributed by atoms with Crippen LogP contribution in [0.2, 0.25) is 0 Å². The summed E-state index contributed by atoms with van der Waals surface area (Å²) < 4.78 is -0.0950. The van der Waals surface area contributed by atoms with Crippen LogP contribution in [-0.4, -0.2) is 40.4 Å². The van der Waals surface area contributed by atoms with Gasteiger partial charge in [-0.15, -0.1) is 0 Å². The Morgan fingerprint density at radius 1 is 1.70 bits per heavy atom. The van der Waals surface area contributed by atoms with Crippen LogP contribution in [0.4, 0.5) is 0 Å². The fraction of sp³-hybridized carbons (Fsp3) is 0. The second kappa shape index (κ2) is 3.91. The number of H-pyrrole nitrogens is 1. The Labute approximate surface area is 62.0 Å². The van der Waals surface area contributed by atoms with Crippen LogP contribution in [0, 0.1) is 10.1 Å². The van der Waals surface area contributed by atoms with E-state index in [-0.39, 0.29) is 9.99 Å². The van der Waals surface area contributed by atoms with Crippen molar-refractivity contribution in [2.75, 3.05) is 0 Å². The predicted octanol–water partition coefficient (Wildman–Crippen LogP) is -2.38. The first kappa shape index (κ1) is 8.99. The zero-order valence-electron chi connectivity index (χ0n) is 4.81. The number of nitrogens with zero attached hydrogens (tertiary/aromatic N) is 4. The van der Waals surface area contributed by atoms with E-state index in [1.165, 1.54) is 0 Å². The first-order chi connectivity index (χ1) is 4.29. The summed E-state index contributed by atoms with van der Waals surface area (Å²) in [6.45, 7) is 0. The monoisotopic (exact) mass is 208 g/mol. The van der Waals surface area contributed by atoms with Gasteiger partial charge in [-0.25, -0.2) is 0 Å². The third-order valence-electron chi connectivity index (χ3n) is 0.543. The van der Waals surface area contributed by atoms with Crippen LogP contribution in [0.15, 0.2) is 0 Å². The Kier molecular flexibility index (Phi) is 3.51. The van der Waals surface area contributed by atoms with E-state index in [4.69, 9.17) is 0 Å². The third kappa shape index (κ3) is 2.51. The van der Waals surface area contributed by atoms with Gasteiger partial charge in [-0.1, -0.05) is 0 Å². The van der Waals surface area contributed by atoms with Crippen LogP contribution < -0.4 is 10.8 Å². The molecule has 8 nitrogen and oxygen atoms in total. The number of hydrogen-bond acceptors (Lipinski definition) is 6. The molecule has 0 aliphatic carbocycles. The standard InChI is InChI=1S/CH2AsN5O2.H3N/c8-7(9)2-1-3-5-6-4-1;/h2H,(H,3,4,5,6);1H3. The summed E-state index contributed by atoms with van der Waals surface area (Å²) in [6, 6.07) is 0. The fourth-order valence-corrected chi connectivity index (χ4v) is 1.05. The van der Waals surface area contributed by atoms with Crippen molar-refractivity contribution in [3.63, 3.8) is 0 Å². The summed E-state index contributed by atoms with van der Waals surface area (Å²) in [5.41, 5.74) is 0. The van der Waals surface area contributed by atoms with Gasteiger partial charge in [-0.2, -0.15) is 0 Å². The molecule has 1 aromatic rings. The number of hydrogen-bond donors (Lipinski definition) is 2. The second-order valence-corrected chi connectivity index (χ2v) is 3.35. The molecular formula is CH5AsN6O2. The van der Waals surface area contributed by atoms with Crippen molar-refractivity contribution in [3.05, 3.63) is 10.1 Å². The zero-order valence-corrected chi connectivity index (χ0v) is 6.91. The topological polar surface area (TPSA) is 133 Å². The van der Waals surface area contributed by atoms with Gasteiger partial charge in [0, 0.05) is 0 Å². The van der Waals surface area contributed by atoms with Crippen molar-refractivity contribution < 1.29 is 3.84 Å². The number of nitrogens with one attached hydrogen (secondary N) is 1. The molecule has 0 aliphatic rings. The molecule has 0 saturated heterocycles. The first-order valence-corrected chi connectivity index (χ1v) is 3.92. The summed E-state index contributed by atoms with van der Waals surface area (Å²) in [6.07, 6.45) is 0. The van der Waals surface area contributed by atoms with Crippen LogP contribution in [-0.2, 0) is 0 Å². The molecule has 0 bridgehead atoms. The molecule has 0 fully saturated rings. The Hall–Kier alpha value is -1.01. The average molecular weight is 208 g/mol. The van der Waals surface area contributed by atoms with Crippen molar-refractivity contribution in [1.29, 1.82) is 0 Å². The number of aromatic amines is 1. The molecule has 1 rings (SSSR count). The summed E-state index contributed by atoms with van der Waals surface area (Å²) >= 11 is -1.39. The van der Waals surface area contributed by atoms with E-state index in [0.717, 1.165) is 0 Å². The molecule has 0 aliphatic heterocycles. The van der Waals surface area contributed by atoms with Gasteiger partial charge in [0.05, 0.1) is 0 Å². The molecule has 10 heavy (non-hydrogen) atoms. The zero-order chi connectivity index (χ0) is 6.69. The number of nitro groups is 1. The molecule has 56 valence electrons. The second-order valence-electron chi connectivity index (χ2n) is 1.12. The van der Waals surface area contributed by atoms with Crippen LogP contribution in [0.25, 0.3) is 0 Å². The number of tetrazole rings is 1. The van der Waals surface area contributed by atoms with E-state index in [1.807, 2.05) is 0 Å². The van der Waals surface area contributed by atoms with E-state index in [2.05, 4.69) is 20.6 Å². The Morgan fingerprint density at radius 2 is 2.40 bits per heavy atom. The third-order valence-corrected chi connectivity index (χ3v) is 1.81. The van der Waals surface area contributed by atoms with Gasteiger partial charge in [0.1, 0.15) is 0 Å². The van der Waals surface area contributed by atoms with Gasteiger partial charge in [-0.3, -0.25) is 0 Å². The van der Waals surface area contributed by atoms with E-state index < -0.39 is 16.0 Å². The van der Waals surface area contributed by atoms with Crippen LogP contribution in [0.1, 0.15) is 0 Å². The van der Waals surface area contributed by atoms with E-state index >= 15 is 0 Å². The molecular weight excluding hydrogens is 203 g/mol. The Morgan fingerprint density at radius 3 is 2.80 bits per heavy atom. The maximum atomic E-state index is 9.81. The molecule has 0 amide bonds. The van der Waals surface area contributed by atoms with Crippen molar-refractivity contribution in [2.24, 2.45) is 0 Å². The Bertz CT molecular complexity index is 196. The minimum absolute atomic E-state index is 0. The fourth-order valence-electron chi connectivity index (χ4n) is 0.293. The van der Waals surface area contributed by atoms with Crippen LogP contribution in [0.5, 0.6) is 0 Å². The van der Waals surface area contributed by atoms with Crippen molar-refractivity contribution in [1.82, 2.24) is 26.8 Å². The van der Waals surface area contributed by atoms with Crippen molar-refractivity contribution >= 4 is 20.6 Å². The molecule has 9 heteroatoms. The van der Waals surface area contributed by atoms with Gasteiger partial charge in [-0.05, 0) is 0 Å². The van der Waals surface area contributed by atoms with Crippen LogP contribution >= 0.6 is 0 Å².